The van der Waals surface area contributed by atoms with Gasteiger partial charge in [-0.2, -0.15) is 5.10 Å². The first kappa shape index (κ1) is 13.8. The molecule has 20 heavy (non-hydrogen) atoms. The summed E-state index contributed by atoms with van der Waals surface area (Å²) in [5, 5.41) is 13.2. The second-order valence-corrected chi connectivity index (χ2v) is 4.22. The van der Waals surface area contributed by atoms with Gasteiger partial charge in [-0.3, -0.25) is 0 Å². The van der Waals surface area contributed by atoms with Crippen molar-refractivity contribution >= 4 is 11.9 Å². The molecule has 0 amide bonds. The molecule has 0 saturated heterocycles. The molecule has 0 aliphatic carbocycles. The van der Waals surface area contributed by atoms with Crippen LogP contribution in [0.25, 0.3) is 5.69 Å². The van der Waals surface area contributed by atoms with Crippen LogP contribution in [0, 0.1) is 6.92 Å². The molecule has 0 saturated carbocycles. The first-order valence-electron chi connectivity index (χ1n) is 6.09. The first-order valence-corrected chi connectivity index (χ1v) is 6.09. The van der Waals surface area contributed by atoms with Crippen molar-refractivity contribution in [1.29, 1.82) is 0 Å². The molecule has 0 aliphatic heterocycles. The van der Waals surface area contributed by atoms with Crippen molar-refractivity contribution < 1.29 is 19.4 Å². The summed E-state index contributed by atoms with van der Waals surface area (Å²) in [6.45, 7) is 3.79. The van der Waals surface area contributed by atoms with Gasteiger partial charge in [0.15, 0.2) is 0 Å². The van der Waals surface area contributed by atoms with E-state index in [0.29, 0.717) is 5.69 Å². The van der Waals surface area contributed by atoms with E-state index >= 15 is 0 Å². The lowest BCUT2D eigenvalue weighted by molar-refractivity contribution is 0.0526. The van der Waals surface area contributed by atoms with Gasteiger partial charge in [0.1, 0.15) is 0 Å². The monoisotopic (exact) mass is 274 g/mol. The van der Waals surface area contributed by atoms with Gasteiger partial charge in [-0.05, 0) is 26.0 Å². The maximum atomic E-state index is 11.6. The smallest absolute Gasteiger partial charge is 0.341 e. The van der Waals surface area contributed by atoms with Crippen LogP contribution < -0.4 is 0 Å². The molecule has 0 fully saturated rings. The van der Waals surface area contributed by atoms with E-state index in [0.717, 1.165) is 5.56 Å². The SMILES string of the molecule is CCOC(=O)c1cnn(-c2ccc(C)cc2C(=O)O)c1. The quantitative estimate of drug-likeness (QED) is 0.863. The summed E-state index contributed by atoms with van der Waals surface area (Å²) in [6.07, 6.45) is 2.80. The Hall–Kier alpha value is -2.63. The molecule has 0 unspecified atom stereocenters. The van der Waals surface area contributed by atoms with Crippen LogP contribution in [0.2, 0.25) is 0 Å². The lowest BCUT2D eigenvalue weighted by Crippen LogP contribution is -2.07. The van der Waals surface area contributed by atoms with Crippen LogP contribution in [0.4, 0.5) is 0 Å². The number of ether oxygens (including phenoxy) is 1. The fourth-order valence-electron chi connectivity index (χ4n) is 1.80. The molecule has 2 rings (SSSR count). The molecule has 0 aliphatic rings. The average molecular weight is 274 g/mol. The van der Waals surface area contributed by atoms with Gasteiger partial charge in [-0.25, -0.2) is 14.3 Å². The number of carbonyl (C=O) groups is 2. The van der Waals surface area contributed by atoms with Crippen LogP contribution in [0.15, 0.2) is 30.6 Å². The van der Waals surface area contributed by atoms with Gasteiger partial charge < -0.3 is 9.84 Å². The molecule has 0 radical (unpaired) electrons. The van der Waals surface area contributed by atoms with Gasteiger partial charge in [0.2, 0.25) is 0 Å². The van der Waals surface area contributed by atoms with Gasteiger partial charge in [-0.1, -0.05) is 11.6 Å². The van der Waals surface area contributed by atoms with E-state index in [2.05, 4.69) is 5.10 Å². The largest absolute Gasteiger partial charge is 0.478 e. The van der Waals surface area contributed by atoms with Crippen molar-refractivity contribution in [1.82, 2.24) is 9.78 Å². The van der Waals surface area contributed by atoms with Gasteiger partial charge in [0, 0.05) is 6.20 Å². The number of hydrogen-bond donors (Lipinski definition) is 1. The van der Waals surface area contributed by atoms with Crippen molar-refractivity contribution in [2.45, 2.75) is 13.8 Å². The molecule has 6 heteroatoms. The molecular weight excluding hydrogens is 260 g/mol. The molecule has 1 aromatic heterocycles. The summed E-state index contributed by atoms with van der Waals surface area (Å²) >= 11 is 0. The summed E-state index contributed by atoms with van der Waals surface area (Å²) in [4.78, 5) is 22.8. The highest BCUT2D eigenvalue weighted by molar-refractivity contribution is 5.92. The number of carboxylic acid groups (broad SMARTS) is 1. The number of benzene rings is 1. The molecule has 2 aromatic rings. The number of aryl methyl sites for hydroxylation is 1. The number of hydrogen-bond acceptors (Lipinski definition) is 4. The minimum absolute atomic E-state index is 0.128. The van der Waals surface area contributed by atoms with E-state index in [1.807, 2.05) is 6.92 Å². The second kappa shape index (κ2) is 5.56. The lowest BCUT2D eigenvalue weighted by atomic mass is 10.1. The van der Waals surface area contributed by atoms with E-state index in [-0.39, 0.29) is 17.7 Å². The zero-order chi connectivity index (χ0) is 14.7. The number of rotatable bonds is 4. The highest BCUT2D eigenvalue weighted by atomic mass is 16.5. The second-order valence-electron chi connectivity index (χ2n) is 4.22. The van der Waals surface area contributed by atoms with Crippen LogP contribution in [0.1, 0.15) is 33.2 Å². The van der Waals surface area contributed by atoms with Crippen molar-refractivity contribution in [2.24, 2.45) is 0 Å². The van der Waals surface area contributed by atoms with Crippen molar-refractivity contribution in [3.8, 4) is 5.69 Å². The highest BCUT2D eigenvalue weighted by Gasteiger charge is 2.15. The van der Waals surface area contributed by atoms with Crippen molar-refractivity contribution in [3.05, 3.63) is 47.3 Å². The summed E-state index contributed by atoms with van der Waals surface area (Å²) in [5.41, 5.74) is 1.65. The molecule has 1 heterocycles. The van der Waals surface area contributed by atoms with E-state index in [1.54, 1.807) is 25.1 Å². The topological polar surface area (TPSA) is 81.4 Å². The third kappa shape index (κ3) is 2.69. The van der Waals surface area contributed by atoms with Gasteiger partial charge in [-0.15, -0.1) is 0 Å². The molecule has 104 valence electrons. The predicted octanol–water partition coefficient (Wildman–Crippen LogP) is 2.06. The number of aromatic carboxylic acids is 1. The van der Waals surface area contributed by atoms with Crippen molar-refractivity contribution in [2.75, 3.05) is 6.61 Å². The maximum Gasteiger partial charge on any atom is 0.341 e. The first-order chi connectivity index (χ1) is 9.52. The van der Waals surface area contributed by atoms with Crippen LogP contribution in [-0.2, 0) is 4.74 Å². The van der Waals surface area contributed by atoms with E-state index in [4.69, 9.17) is 4.74 Å². The fourth-order valence-corrected chi connectivity index (χ4v) is 1.80. The van der Waals surface area contributed by atoms with Crippen molar-refractivity contribution in [3.63, 3.8) is 0 Å². The van der Waals surface area contributed by atoms with E-state index in [9.17, 15) is 14.7 Å². The normalized spacial score (nSPS) is 10.3. The molecular formula is C14H14N2O4. The van der Waals surface area contributed by atoms with E-state index in [1.165, 1.54) is 17.1 Å². The number of aromatic nitrogens is 2. The van der Waals surface area contributed by atoms with Crippen LogP contribution in [0.5, 0.6) is 0 Å². The Morgan fingerprint density at radius 3 is 2.80 bits per heavy atom. The number of nitrogens with zero attached hydrogens (tertiary/aromatic N) is 2. The lowest BCUT2D eigenvalue weighted by Gasteiger charge is -2.06. The number of carbonyl (C=O) groups excluding carboxylic acids is 1. The Balaban J connectivity index is 2.42. The standard InChI is InChI=1S/C14H14N2O4/c1-3-20-14(19)10-7-15-16(8-10)12-5-4-9(2)6-11(12)13(17)18/h4-8H,3H2,1-2H3,(H,17,18). The Morgan fingerprint density at radius 2 is 2.15 bits per heavy atom. The molecule has 1 N–H and O–H groups in total. The Morgan fingerprint density at radius 1 is 1.40 bits per heavy atom. The summed E-state index contributed by atoms with van der Waals surface area (Å²) < 4.78 is 6.22. The zero-order valence-corrected chi connectivity index (χ0v) is 11.2. The average Bonchev–Trinajstić information content (AvgIpc) is 2.88. The zero-order valence-electron chi connectivity index (χ0n) is 11.2. The Bertz CT molecular complexity index is 661. The molecule has 0 bridgehead atoms. The summed E-state index contributed by atoms with van der Waals surface area (Å²) in [7, 11) is 0. The van der Waals surface area contributed by atoms with Crippen LogP contribution in [-0.4, -0.2) is 33.4 Å². The molecule has 0 atom stereocenters. The van der Waals surface area contributed by atoms with Gasteiger partial charge in [0.25, 0.3) is 0 Å². The maximum absolute atomic E-state index is 11.6. The molecule has 1 aromatic carbocycles. The van der Waals surface area contributed by atoms with Crippen LogP contribution in [0.3, 0.4) is 0 Å². The number of esters is 1. The Labute approximate surface area is 115 Å². The number of carboxylic acids is 1. The third-order valence-electron chi connectivity index (χ3n) is 2.72. The fraction of sp³-hybridized carbons (Fsp3) is 0.214. The van der Waals surface area contributed by atoms with E-state index < -0.39 is 11.9 Å². The minimum Gasteiger partial charge on any atom is -0.478 e. The highest BCUT2D eigenvalue weighted by Crippen LogP contribution is 2.17. The van der Waals surface area contributed by atoms with Crippen LogP contribution >= 0.6 is 0 Å². The van der Waals surface area contributed by atoms with Gasteiger partial charge in [0.05, 0.1) is 29.6 Å². The summed E-state index contributed by atoms with van der Waals surface area (Å²) in [5.74, 6) is -1.53. The summed E-state index contributed by atoms with van der Waals surface area (Å²) in [6, 6.07) is 5.00. The van der Waals surface area contributed by atoms with Gasteiger partial charge >= 0.3 is 11.9 Å². The molecule has 6 nitrogen and oxygen atoms in total. The molecule has 0 spiro atoms. The minimum atomic E-state index is -1.04. The third-order valence-corrected chi connectivity index (χ3v) is 2.72. The predicted molar refractivity (Wildman–Crippen MR) is 71.2 cm³/mol. The Kier molecular flexibility index (Phi) is 3.84.